The predicted octanol–water partition coefficient (Wildman–Crippen LogP) is 0.310. The highest BCUT2D eigenvalue weighted by Crippen LogP contribution is 2.06. The van der Waals surface area contributed by atoms with Gasteiger partial charge in [-0.05, 0) is 10.9 Å². The van der Waals surface area contributed by atoms with Crippen LogP contribution in [0.2, 0.25) is 0 Å². The first-order chi connectivity index (χ1) is 7.08. The lowest BCUT2D eigenvalue weighted by Crippen LogP contribution is -2.23. The molecule has 0 radical (unpaired) electrons. The molecule has 0 bridgehead atoms. The molecule has 0 unspecified atom stereocenters. The summed E-state index contributed by atoms with van der Waals surface area (Å²) in [7, 11) is -3.84. The molecule has 0 aromatic heterocycles. The molecule has 0 spiro atoms. The molecule has 0 fully saturated rings. The van der Waals surface area contributed by atoms with E-state index in [0.717, 1.165) is 25.0 Å². The number of unbranched alkanes of at least 4 members (excludes halogenated alkanes) is 2. The molecule has 0 saturated carbocycles. The summed E-state index contributed by atoms with van der Waals surface area (Å²) in [4.78, 5) is 19.8. The maximum absolute atomic E-state index is 11.4. The Morgan fingerprint density at radius 3 is 2.07 bits per heavy atom. The Morgan fingerprint density at radius 2 is 1.67 bits per heavy atom. The highest BCUT2D eigenvalue weighted by Gasteiger charge is 2.19. The summed E-state index contributed by atoms with van der Waals surface area (Å²) in [6, 6.07) is 0. The quantitative estimate of drug-likeness (QED) is 0.273. The molecule has 0 aromatic carbocycles. The Kier molecular flexibility index (Phi) is 6.21. The summed E-state index contributed by atoms with van der Waals surface area (Å²) in [6.07, 6.45) is 3.99. The largest absolute Gasteiger partial charge is 0.271 e. The monoisotopic (exact) mass is 233 g/mol. The van der Waals surface area contributed by atoms with Gasteiger partial charge in [-0.2, -0.15) is 0 Å². The van der Waals surface area contributed by atoms with Crippen LogP contribution in [-0.4, -0.2) is 30.9 Å². The number of isocyanates is 2. The van der Waals surface area contributed by atoms with Gasteiger partial charge in [0.05, 0.1) is 5.75 Å². The third-order valence-electron chi connectivity index (χ3n) is 1.51. The smallest absolute Gasteiger partial charge is 0.209 e. The second-order valence-electron chi connectivity index (χ2n) is 2.63. The Bertz CT molecular complexity index is 361. The molecule has 0 aromatic rings. The number of carbonyl (C=O) groups excluding carboxylic acids is 2. The van der Waals surface area contributed by atoms with Crippen LogP contribution in [-0.2, 0) is 19.6 Å². The van der Waals surface area contributed by atoms with Crippen molar-refractivity contribution in [2.24, 2.45) is 10.2 Å². The lowest BCUT2D eigenvalue weighted by atomic mass is 10.3. The molecule has 0 aliphatic rings. The van der Waals surface area contributed by atoms with Crippen molar-refractivity contribution in [3.8, 4) is 0 Å². The van der Waals surface area contributed by atoms with Gasteiger partial charge in [0, 0.05) is 0 Å². The van der Waals surface area contributed by atoms with E-state index in [0.29, 0.717) is 6.42 Å². The summed E-state index contributed by atoms with van der Waals surface area (Å²) in [5.41, 5.74) is 0. The maximum atomic E-state index is 11.4. The van der Waals surface area contributed by atoms with Crippen LogP contribution >= 0.6 is 0 Å². The molecule has 7 nitrogen and oxygen atoms in total. The minimum absolute atomic E-state index is 0.0443. The van der Waals surface area contributed by atoms with E-state index >= 15 is 0 Å². The van der Waals surface area contributed by atoms with Crippen LogP contribution in [0.15, 0.2) is 10.2 Å². The first-order valence-electron chi connectivity index (χ1n) is 4.27. The first kappa shape index (κ1) is 13.5. The molecular weight excluding hydrogens is 222 g/mol. The maximum Gasteiger partial charge on any atom is 0.271 e. The van der Waals surface area contributed by atoms with Crippen molar-refractivity contribution in [3.63, 3.8) is 0 Å². The molecule has 84 valence electrons. The van der Waals surface area contributed by atoms with Crippen LogP contribution in [0.25, 0.3) is 0 Å². The third-order valence-corrected chi connectivity index (χ3v) is 2.97. The molecule has 0 aliphatic heterocycles. The Hall–Kier alpha value is -1.49. The molecule has 0 N–H and O–H groups in total. The molecular formula is C7H11N3O4S. The Balaban J connectivity index is 4.64. The van der Waals surface area contributed by atoms with E-state index in [1.165, 1.54) is 0 Å². The van der Waals surface area contributed by atoms with Crippen molar-refractivity contribution in [1.82, 2.24) is 4.52 Å². The van der Waals surface area contributed by atoms with Crippen molar-refractivity contribution in [2.75, 3.05) is 5.75 Å². The van der Waals surface area contributed by atoms with Crippen LogP contribution in [0.3, 0.4) is 0 Å². The normalized spacial score (nSPS) is 9.93. The Labute approximate surface area is 87.5 Å². The van der Waals surface area contributed by atoms with E-state index in [2.05, 4.69) is 10.2 Å². The number of hydrazone groups is 2. The van der Waals surface area contributed by atoms with E-state index in [-0.39, 0.29) is 10.3 Å². The van der Waals surface area contributed by atoms with Crippen LogP contribution < -0.4 is 0 Å². The van der Waals surface area contributed by atoms with Crippen molar-refractivity contribution >= 4 is 22.2 Å². The SMILES string of the molecule is CCCCCS(=O)(=O)N(N=C=O)N=C=O. The highest BCUT2D eigenvalue weighted by molar-refractivity contribution is 7.89. The average molecular weight is 233 g/mol. The summed E-state index contributed by atoms with van der Waals surface area (Å²) in [5.74, 6) is -0.225. The minimum Gasteiger partial charge on any atom is -0.209 e. The molecule has 0 heterocycles. The molecule has 0 atom stereocenters. The topological polar surface area (TPSA) is 96.2 Å². The minimum atomic E-state index is -3.84. The zero-order valence-electron chi connectivity index (χ0n) is 8.21. The fourth-order valence-corrected chi connectivity index (χ4v) is 1.88. The van der Waals surface area contributed by atoms with Crippen LogP contribution in [0, 0.1) is 0 Å². The second kappa shape index (κ2) is 6.89. The summed E-state index contributed by atoms with van der Waals surface area (Å²) in [6.45, 7) is 1.91. The summed E-state index contributed by atoms with van der Waals surface area (Å²) in [5, 5.41) is 5.55. The van der Waals surface area contributed by atoms with E-state index in [9.17, 15) is 18.0 Å². The van der Waals surface area contributed by atoms with Crippen molar-refractivity contribution in [3.05, 3.63) is 0 Å². The van der Waals surface area contributed by atoms with Crippen LogP contribution in [0.1, 0.15) is 26.2 Å². The van der Waals surface area contributed by atoms with Gasteiger partial charge in [0.1, 0.15) is 0 Å². The number of sulfonamides is 1. The lowest BCUT2D eigenvalue weighted by Gasteiger charge is -2.08. The van der Waals surface area contributed by atoms with Gasteiger partial charge in [0.25, 0.3) is 22.2 Å². The van der Waals surface area contributed by atoms with Crippen LogP contribution in [0.4, 0.5) is 0 Å². The predicted molar refractivity (Wildman–Crippen MR) is 51.4 cm³/mol. The highest BCUT2D eigenvalue weighted by atomic mass is 32.2. The van der Waals surface area contributed by atoms with Gasteiger partial charge in [-0.25, -0.2) is 18.0 Å². The van der Waals surface area contributed by atoms with Gasteiger partial charge in [-0.1, -0.05) is 30.0 Å². The van der Waals surface area contributed by atoms with Gasteiger partial charge in [0.2, 0.25) is 0 Å². The Morgan fingerprint density at radius 1 is 1.13 bits per heavy atom. The van der Waals surface area contributed by atoms with Gasteiger partial charge in [-0.15, -0.1) is 0 Å². The van der Waals surface area contributed by atoms with E-state index in [1.54, 1.807) is 0 Å². The lowest BCUT2D eigenvalue weighted by molar-refractivity contribution is 0.434. The van der Waals surface area contributed by atoms with Gasteiger partial charge in [0.15, 0.2) is 0 Å². The van der Waals surface area contributed by atoms with E-state index in [1.807, 2.05) is 6.92 Å². The first-order valence-corrected chi connectivity index (χ1v) is 5.88. The molecule has 0 rings (SSSR count). The van der Waals surface area contributed by atoms with Gasteiger partial charge in [-0.3, -0.25) is 0 Å². The molecule has 0 saturated heterocycles. The van der Waals surface area contributed by atoms with Gasteiger partial charge >= 0.3 is 0 Å². The molecule has 15 heavy (non-hydrogen) atoms. The molecule has 0 amide bonds. The fourth-order valence-electron chi connectivity index (χ4n) is 0.833. The van der Waals surface area contributed by atoms with Crippen molar-refractivity contribution in [2.45, 2.75) is 26.2 Å². The summed E-state index contributed by atoms with van der Waals surface area (Å²) >= 11 is 0. The standard InChI is InChI=1S/C7H11N3O4S/c1-2-3-4-5-15(13,14)10(8-6-11)9-7-12/h2-5H2,1H3. The number of nitrogens with zero attached hydrogens (tertiary/aromatic N) is 3. The number of hydrogen-bond donors (Lipinski definition) is 0. The van der Waals surface area contributed by atoms with Crippen LogP contribution in [0.5, 0.6) is 0 Å². The third kappa shape index (κ3) is 5.07. The zero-order valence-corrected chi connectivity index (χ0v) is 9.03. The molecule has 0 aliphatic carbocycles. The van der Waals surface area contributed by atoms with E-state index < -0.39 is 10.0 Å². The van der Waals surface area contributed by atoms with Gasteiger partial charge < -0.3 is 0 Å². The fraction of sp³-hybridized carbons (Fsp3) is 0.714. The number of hydrogen-bond acceptors (Lipinski definition) is 6. The van der Waals surface area contributed by atoms with Crippen molar-refractivity contribution < 1.29 is 18.0 Å². The van der Waals surface area contributed by atoms with Crippen molar-refractivity contribution in [1.29, 1.82) is 0 Å². The van der Waals surface area contributed by atoms with E-state index in [4.69, 9.17) is 0 Å². The molecule has 8 heteroatoms. The average Bonchev–Trinajstić information content (AvgIpc) is 2.18. The second-order valence-corrected chi connectivity index (χ2v) is 4.53. The summed E-state index contributed by atoms with van der Waals surface area (Å²) < 4.78 is 22.8. The number of rotatable bonds is 7. The zero-order chi connectivity index (χ0) is 11.7.